The second kappa shape index (κ2) is 19.9. The molecule has 18 heteroatoms. The van der Waals surface area contributed by atoms with Crippen molar-refractivity contribution >= 4 is 85.5 Å². The van der Waals surface area contributed by atoms with Gasteiger partial charge >= 0.3 is 0 Å². The maximum Gasteiger partial charge on any atom is 0.238 e. The number of rotatable bonds is 14. The molecule has 0 aliphatic carbocycles. The number of nitrogens with zero attached hydrogens (tertiary/aromatic N) is 6. The average Bonchev–Trinajstić information content (AvgIpc) is 3.26. The molecule has 4 N–H and O–H groups in total. The van der Waals surface area contributed by atoms with Crippen molar-refractivity contribution in [3.63, 3.8) is 0 Å². The zero-order valence-corrected chi connectivity index (χ0v) is 35.6. The number of piperidine rings is 1. The van der Waals surface area contributed by atoms with Crippen LogP contribution in [0, 0.1) is 11.6 Å². The Bertz CT molecular complexity index is 2480. The van der Waals surface area contributed by atoms with Gasteiger partial charge in [-0.25, -0.2) is 28.7 Å². The number of carbonyl (C=O) groups excluding carboxylic acids is 1. The Labute approximate surface area is 361 Å². The Kier molecular flexibility index (Phi) is 14.7. The monoisotopic (exact) mass is 881 g/mol. The predicted octanol–water partition coefficient (Wildman–Crippen LogP) is 8.49. The number of nitrogens with two attached hydrogens (primary N) is 1. The Morgan fingerprint density at radius 2 is 1.32 bits per heavy atom. The summed E-state index contributed by atoms with van der Waals surface area (Å²) in [4.78, 5) is 34.1. The molecule has 0 atom stereocenters. The fourth-order valence-corrected chi connectivity index (χ4v) is 7.67. The zero-order chi connectivity index (χ0) is 43.0. The summed E-state index contributed by atoms with van der Waals surface area (Å²) in [6.45, 7) is 3.36. The van der Waals surface area contributed by atoms with Crippen molar-refractivity contribution in [2.75, 3.05) is 65.3 Å². The van der Waals surface area contributed by atoms with Gasteiger partial charge in [-0.15, -0.1) is 11.6 Å². The first-order valence-electron chi connectivity index (χ1n) is 18.8. The normalized spacial score (nSPS) is 13.8. The van der Waals surface area contributed by atoms with Gasteiger partial charge in [0.1, 0.15) is 41.3 Å². The largest absolute Gasteiger partial charge is 0.496 e. The Morgan fingerprint density at radius 1 is 0.817 bits per heavy atom. The first kappa shape index (κ1) is 44.4. The number of hydrogen-bond acceptors (Lipinski definition) is 12. The van der Waals surface area contributed by atoms with E-state index in [-0.39, 0.29) is 33.2 Å². The molecule has 13 nitrogen and oxygen atoms in total. The Balaban J connectivity index is 0.000000224. The van der Waals surface area contributed by atoms with Crippen LogP contribution in [-0.4, -0.2) is 95.8 Å². The number of fused-ring (bicyclic) bond motifs is 2. The smallest absolute Gasteiger partial charge is 0.238 e. The third kappa shape index (κ3) is 9.72. The molecule has 1 aliphatic rings. The number of likely N-dealkylation sites (tertiary alicyclic amines) is 1. The van der Waals surface area contributed by atoms with Gasteiger partial charge in [0, 0.05) is 67.3 Å². The van der Waals surface area contributed by atoms with E-state index in [2.05, 4.69) is 35.5 Å². The van der Waals surface area contributed by atoms with Crippen LogP contribution >= 0.6 is 34.8 Å². The lowest BCUT2D eigenvalue weighted by atomic mass is 9.84. The summed E-state index contributed by atoms with van der Waals surface area (Å²) in [5, 5.41) is 7.42. The van der Waals surface area contributed by atoms with E-state index in [0.717, 1.165) is 30.8 Å². The number of benzene rings is 4. The number of amides is 1. The highest BCUT2D eigenvalue weighted by Gasteiger charge is 2.43. The van der Waals surface area contributed by atoms with E-state index in [0.29, 0.717) is 70.9 Å². The quantitative estimate of drug-likeness (QED) is 0.0900. The maximum atomic E-state index is 14.6. The van der Waals surface area contributed by atoms with Crippen molar-refractivity contribution in [1.82, 2.24) is 29.7 Å². The van der Waals surface area contributed by atoms with E-state index in [1.165, 1.54) is 24.8 Å². The number of primary amides is 1. The van der Waals surface area contributed by atoms with E-state index in [1.54, 1.807) is 51.7 Å². The summed E-state index contributed by atoms with van der Waals surface area (Å²) in [6.07, 6.45) is 4.02. The fourth-order valence-electron chi connectivity index (χ4n) is 7.11. The molecule has 2 aromatic heterocycles. The van der Waals surface area contributed by atoms with E-state index in [4.69, 9.17) is 54.7 Å². The number of halogens is 5. The van der Waals surface area contributed by atoms with Crippen molar-refractivity contribution in [3.05, 3.63) is 106 Å². The molecule has 4 aromatic carbocycles. The molecule has 3 heterocycles. The van der Waals surface area contributed by atoms with Gasteiger partial charge in [-0.3, -0.25) is 9.69 Å². The molecule has 0 unspecified atom stereocenters. The molecule has 0 saturated carbocycles. The van der Waals surface area contributed by atoms with Crippen LogP contribution in [0.5, 0.6) is 11.5 Å². The lowest BCUT2D eigenvalue weighted by Crippen LogP contribution is -2.61. The Morgan fingerprint density at radius 3 is 1.78 bits per heavy atom. The second-order valence-electron chi connectivity index (χ2n) is 14.0. The number of ether oxygens (including phenoxy) is 3. The van der Waals surface area contributed by atoms with Crippen molar-refractivity contribution in [2.45, 2.75) is 30.8 Å². The van der Waals surface area contributed by atoms with Crippen LogP contribution in [0.15, 0.2) is 73.3 Å². The van der Waals surface area contributed by atoms with Crippen LogP contribution in [0.3, 0.4) is 0 Å². The molecule has 0 radical (unpaired) electrons. The van der Waals surface area contributed by atoms with Gasteiger partial charge in [0.05, 0.1) is 59.2 Å². The highest BCUT2D eigenvalue weighted by molar-refractivity contribution is 6.31. The summed E-state index contributed by atoms with van der Waals surface area (Å²) in [7, 11) is 6.74. The third-order valence-electron chi connectivity index (χ3n) is 10.5. The minimum absolute atomic E-state index is 0.0114. The lowest BCUT2D eigenvalue weighted by molar-refractivity contribution is -0.133. The van der Waals surface area contributed by atoms with Crippen LogP contribution in [0.4, 0.5) is 31.8 Å². The van der Waals surface area contributed by atoms with Crippen molar-refractivity contribution in [2.24, 2.45) is 5.73 Å². The van der Waals surface area contributed by atoms with Crippen LogP contribution in [0.1, 0.15) is 24.0 Å². The summed E-state index contributed by atoms with van der Waals surface area (Å²) in [5.41, 5.74) is 8.53. The van der Waals surface area contributed by atoms with Crippen molar-refractivity contribution < 1.29 is 27.8 Å². The van der Waals surface area contributed by atoms with Gasteiger partial charge in [-0.05, 0) is 56.3 Å². The number of nitrogens with one attached hydrogen (secondary N) is 2. The molecule has 6 aromatic rings. The number of likely N-dealkylation sites (N-methyl/N-ethyl adjacent to an activating group) is 1. The average molecular weight is 883 g/mol. The number of alkyl halides is 1. The summed E-state index contributed by atoms with van der Waals surface area (Å²) in [6, 6.07) is 16.8. The second-order valence-corrected chi connectivity index (χ2v) is 15.1. The van der Waals surface area contributed by atoms with E-state index < -0.39 is 17.2 Å². The molecule has 316 valence electrons. The molecule has 1 fully saturated rings. The first-order valence-corrected chi connectivity index (χ1v) is 20.1. The summed E-state index contributed by atoms with van der Waals surface area (Å²) in [5.74, 6) is 0.985. The lowest BCUT2D eigenvalue weighted by Gasteiger charge is -2.45. The van der Waals surface area contributed by atoms with E-state index >= 15 is 0 Å². The molecule has 1 amide bonds. The van der Waals surface area contributed by atoms with E-state index in [9.17, 15) is 13.6 Å². The molecular formula is C42H44Cl3F2N9O4. The highest BCUT2D eigenvalue weighted by Crippen LogP contribution is 2.36. The first-order chi connectivity index (χ1) is 28.9. The minimum atomic E-state index is -0.790. The molecule has 1 saturated heterocycles. The van der Waals surface area contributed by atoms with Gasteiger partial charge in [0.15, 0.2) is 11.6 Å². The van der Waals surface area contributed by atoms with Crippen LogP contribution in [-0.2, 0) is 22.0 Å². The summed E-state index contributed by atoms with van der Waals surface area (Å²) >= 11 is 17.7. The SMILES string of the molecule is COCCN1CCC(C(N)=O)(N(C)Cc2cc3c(Nc4cccc(Cl)c4F)ncnc3cc2OC)CC1.COc1cc2ncnc(Nc3cccc(Cl)c3F)c2cc1CCl. The minimum Gasteiger partial charge on any atom is -0.496 e. The predicted molar refractivity (Wildman–Crippen MR) is 232 cm³/mol. The van der Waals surface area contributed by atoms with Gasteiger partial charge in [0.25, 0.3) is 0 Å². The number of methoxy groups -OCH3 is 3. The van der Waals surface area contributed by atoms with E-state index in [1.807, 2.05) is 30.1 Å². The van der Waals surface area contributed by atoms with Gasteiger partial charge in [-0.1, -0.05) is 35.3 Å². The number of anilines is 4. The molecule has 0 spiro atoms. The molecule has 0 bridgehead atoms. The van der Waals surface area contributed by atoms with Gasteiger partial charge in [-0.2, -0.15) is 0 Å². The Hall–Kier alpha value is -5.16. The number of carbonyl (C=O) groups is 1. The van der Waals surface area contributed by atoms with Crippen LogP contribution in [0.2, 0.25) is 10.0 Å². The number of hydrogen-bond donors (Lipinski definition) is 3. The van der Waals surface area contributed by atoms with Crippen LogP contribution < -0.4 is 25.8 Å². The zero-order valence-electron chi connectivity index (χ0n) is 33.4. The summed E-state index contributed by atoms with van der Waals surface area (Å²) < 4.78 is 44.8. The third-order valence-corrected chi connectivity index (χ3v) is 11.4. The van der Waals surface area contributed by atoms with Crippen molar-refractivity contribution in [1.29, 1.82) is 0 Å². The van der Waals surface area contributed by atoms with Crippen LogP contribution in [0.25, 0.3) is 21.8 Å². The van der Waals surface area contributed by atoms with Gasteiger partial charge < -0.3 is 35.5 Å². The molecular weight excluding hydrogens is 839 g/mol. The van der Waals surface area contributed by atoms with Crippen molar-refractivity contribution in [3.8, 4) is 11.5 Å². The highest BCUT2D eigenvalue weighted by atomic mass is 35.5. The standard InChI is InChI=1S/C26H32ClFN6O3.C16H12Cl2FN3O/c1-33(26(25(29)35)7-9-34(10-8-26)11-12-36-2)15-17-13-18-21(14-22(17)37-3)30-16-31-24(18)32-20-6-4-5-19(27)23(20)28;1-23-14-6-13-10(5-9(14)7-17)16(21-8-20-13)22-12-4-2-3-11(18)15(12)19/h4-6,13-14,16H,7-12,15H2,1-3H3,(H2,29,35)(H,30,31,32);2-6,8H,7H2,1H3,(H,20,21,22). The topological polar surface area (TPSA) is 153 Å². The number of aromatic nitrogens is 4. The maximum absolute atomic E-state index is 14.6. The molecule has 7 rings (SSSR count). The van der Waals surface area contributed by atoms with Gasteiger partial charge in [0.2, 0.25) is 5.91 Å². The molecule has 1 aliphatic heterocycles. The molecule has 60 heavy (non-hydrogen) atoms. The fraction of sp³-hybridized carbons (Fsp3) is 0.310.